The van der Waals surface area contributed by atoms with E-state index in [-0.39, 0.29) is 17.3 Å². The normalized spacial score (nSPS) is 9.88. The van der Waals surface area contributed by atoms with Crippen LogP contribution in [0.2, 0.25) is 0 Å². The smallest absolute Gasteiger partial charge is 0.265 e. The number of nitrogens with zero attached hydrogens (tertiary/aromatic N) is 1. The van der Waals surface area contributed by atoms with E-state index in [0.29, 0.717) is 6.29 Å². The summed E-state index contributed by atoms with van der Waals surface area (Å²) in [6.45, 7) is 0. The predicted molar refractivity (Wildman–Crippen MR) is 64.4 cm³/mol. The highest BCUT2D eigenvalue weighted by Crippen LogP contribution is 2.12. The van der Waals surface area contributed by atoms with Gasteiger partial charge in [-0.2, -0.15) is 4.98 Å². The van der Waals surface area contributed by atoms with Gasteiger partial charge in [0.2, 0.25) is 5.95 Å². The maximum Gasteiger partial charge on any atom is 0.265 e. The van der Waals surface area contributed by atoms with Crippen molar-refractivity contribution in [2.24, 2.45) is 0 Å². The molecule has 0 spiro atoms. The standard InChI is InChI=1S/C11H10N4O2/c12-9-8(6-16)10(17)15-11(14-9)13-7-4-2-1-3-5-7/h1-6H,(H4,12,13,14,15,17). The summed E-state index contributed by atoms with van der Waals surface area (Å²) in [6, 6.07) is 9.16. The number of carbonyl (C=O) groups is 1. The van der Waals surface area contributed by atoms with Crippen LogP contribution in [0.3, 0.4) is 0 Å². The molecule has 0 amide bonds. The topological polar surface area (TPSA) is 101 Å². The van der Waals surface area contributed by atoms with Crippen LogP contribution in [0, 0.1) is 0 Å². The third-order valence-electron chi connectivity index (χ3n) is 2.14. The number of hydrogen-bond donors (Lipinski definition) is 3. The van der Waals surface area contributed by atoms with Gasteiger partial charge in [0.05, 0.1) is 0 Å². The average molecular weight is 230 g/mol. The lowest BCUT2D eigenvalue weighted by Gasteiger charge is -2.06. The van der Waals surface area contributed by atoms with Gasteiger partial charge in [-0.3, -0.25) is 14.6 Å². The molecule has 17 heavy (non-hydrogen) atoms. The van der Waals surface area contributed by atoms with Gasteiger partial charge in [-0.15, -0.1) is 0 Å². The molecule has 6 nitrogen and oxygen atoms in total. The Labute approximate surface area is 96.5 Å². The predicted octanol–water partition coefficient (Wildman–Crippen LogP) is 0.908. The highest BCUT2D eigenvalue weighted by Gasteiger charge is 2.07. The maximum absolute atomic E-state index is 11.4. The van der Waals surface area contributed by atoms with Crippen LogP contribution in [0.25, 0.3) is 0 Å². The molecule has 0 atom stereocenters. The second-order valence-electron chi connectivity index (χ2n) is 3.32. The van der Waals surface area contributed by atoms with E-state index in [9.17, 15) is 9.59 Å². The van der Waals surface area contributed by atoms with Crippen molar-refractivity contribution in [3.05, 3.63) is 46.2 Å². The van der Waals surface area contributed by atoms with Crippen LogP contribution in [0.4, 0.5) is 17.5 Å². The first-order chi connectivity index (χ1) is 8.20. The van der Waals surface area contributed by atoms with Crippen molar-refractivity contribution in [2.45, 2.75) is 0 Å². The van der Waals surface area contributed by atoms with Gasteiger partial charge in [0, 0.05) is 5.69 Å². The van der Waals surface area contributed by atoms with Gasteiger partial charge in [0.1, 0.15) is 11.4 Å². The molecule has 1 aromatic carbocycles. The Kier molecular flexibility index (Phi) is 2.87. The van der Waals surface area contributed by atoms with Gasteiger partial charge in [0.25, 0.3) is 5.56 Å². The molecular formula is C11H10N4O2. The number of H-pyrrole nitrogens is 1. The summed E-state index contributed by atoms with van der Waals surface area (Å²) in [6.07, 6.45) is 0.382. The van der Waals surface area contributed by atoms with Gasteiger partial charge >= 0.3 is 0 Å². The van der Waals surface area contributed by atoms with E-state index in [1.54, 1.807) is 0 Å². The molecule has 0 fully saturated rings. The first-order valence-electron chi connectivity index (χ1n) is 4.88. The third kappa shape index (κ3) is 2.31. The van der Waals surface area contributed by atoms with Crippen molar-refractivity contribution in [1.82, 2.24) is 9.97 Å². The number of nitrogens with two attached hydrogens (primary N) is 1. The number of aromatic nitrogens is 2. The summed E-state index contributed by atoms with van der Waals surface area (Å²) in [5.74, 6) is 0.103. The Morgan fingerprint density at radius 3 is 2.59 bits per heavy atom. The van der Waals surface area contributed by atoms with Crippen LogP contribution in [0.5, 0.6) is 0 Å². The maximum atomic E-state index is 11.4. The Morgan fingerprint density at radius 2 is 2.00 bits per heavy atom. The highest BCUT2D eigenvalue weighted by atomic mass is 16.1. The van der Waals surface area contributed by atoms with Crippen molar-refractivity contribution in [3.63, 3.8) is 0 Å². The van der Waals surface area contributed by atoms with Crippen molar-refractivity contribution < 1.29 is 4.79 Å². The molecule has 4 N–H and O–H groups in total. The van der Waals surface area contributed by atoms with Gasteiger partial charge in [-0.05, 0) is 12.1 Å². The molecular weight excluding hydrogens is 220 g/mol. The van der Waals surface area contributed by atoms with E-state index in [1.807, 2.05) is 30.3 Å². The molecule has 0 radical (unpaired) electrons. The van der Waals surface area contributed by atoms with Crippen LogP contribution < -0.4 is 16.6 Å². The summed E-state index contributed by atoms with van der Waals surface area (Å²) in [4.78, 5) is 28.3. The Bertz CT molecular complexity index is 592. The second-order valence-corrected chi connectivity index (χ2v) is 3.32. The van der Waals surface area contributed by atoms with E-state index in [1.165, 1.54) is 0 Å². The third-order valence-corrected chi connectivity index (χ3v) is 2.14. The van der Waals surface area contributed by atoms with Crippen LogP contribution in [0.15, 0.2) is 35.1 Å². The SMILES string of the molecule is Nc1nc(Nc2ccccc2)[nH]c(=O)c1C=O. The number of benzene rings is 1. The van der Waals surface area contributed by atoms with Crippen LogP contribution >= 0.6 is 0 Å². The summed E-state index contributed by atoms with van der Waals surface area (Å²) in [7, 11) is 0. The molecule has 0 aliphatic carbocycles. The lowest BCUT2D eigenvalue weighted by molar-refractivity contribution is 0.112. The Balaban J connectivity index is 2.36. The fourth-order valence-corrected chi connectivity index (χ4v) is 1.33. The number of rotatable bonds is 3. The molecule has 1 aromatic heterocycles. The van der Waals surface area contributed by atoms with Crippen LogP contribution in [-0.4, -0.2) is 16.3 Å². The molecule has 86 valence electrons. The van der Waals surface area contributed by atoms with Crippen molar-refractivity contribution in [1.29, 1.82) is 0 Å². The number of nitrogens with one attached hydrogen (secondary N) is 2. The molecule has 0 aliphatic heterocycles. The number of carbonyl (C=O) groups excluding carboxylic acids is 1. The number of aromatic amines is 1. The van der Waals surface area contributed by atoms with Crippen LogP contribution in [0.1, 0.15) is 10.4 Å². The van der Waals surface area contributed by atoms with E-state index in [0.717, 1.165) is 5.69 Å². The zero-order valence-electron chi connectivity index (χ0n) is 8.81. The van der Waals surface area contributed by atoms with Gasteiger partial charge in [-0.25, -0.2) is 0 Å². The van der Waals surface area contributed by atoms with E-state index >= 15 is 0 Å². The number of para-hydroxylation sites is 1. The number of hydrogen-bond acceptors (Lipinski definition) is 5. The highest BCUT2D eigenvalue weighted by molar-refractivity contribution is 5.81. The van der Waals surface area contributed by atoms with E-state index in [2.05, 4.69) is 15.3 Å². The van der Waals surface area contributed by atoms with Gasteiger partial charge < -0.3 is 11.1 Å². The van der Waals surface area contributed by atoms with Crippen LogP contribution in [-0.2, 0) is 0 Å². The fraction of sp³-hybridized carbons (Fsp3) is 0. The number of aldehydes is 1. The van der Waals surface area contributed by atoms with E-state index < -0.39 is 5.56 Å². The minimum Gasteiger partial charge on any atom is -0.383 e. The minimum absolute atomic E-state index is 0.0952. The van der Waals surface area contributed by atoms with Crippen molar-refractivity contribution in [3.8, 4) is 0 Å². The van der Waals surface area contributed by atoms with Crippen molar-refractivity contribution >= 4 is 23.7 Å². The zero-order chi connectivity index (χ0) is 12.3. The first-order valence-corrected chi connectivity index (χ1v) is 4.88. The Hall–Kier alpha value is -2.63. The lowest BCUT2D eigenvalue weighted by atomic mass is 10.3. The summed E-state index contributed by atoms with van der Waals surface area (Å²) >= 11 is 0. The summed E-state index contributed by atoms with van der Waals surface area (Å²) < 4.78 is 0. The van der Waals surface area contributed by atoms with Crippen molar-refractivity contribution in [2.75, 3.05) is 11.1 Å². The van der Waals surface area contributed by atoms with Gasteiger partial charge in [0.15, 0.2) is 6.29 Å². The lowest BCUT2D eigenvalue weighted by Crippen LogP contribution is -2.18. The molecule has 0 saturated heterocycles. The quantitative estimate of drug-likeness (QED) is 0.680. The monoisotopic (exact) mass is 230 g/mol. The Morgan fingerprint density at radius 1 is 1.29 bits per heavy atom. The molecule has 2 aromatic rings. The van der Waals surface area contributed by atoms with Gasteiger partial charge in [-0.1, -0.05) is 18.2 Å². The molecule has 6 heteroatoms. The fourth-order valence-electron chi connectivity index (χ4n) is 1.33. The first kappa shape index (κ1) is 10.9. The molecule has 2 rings (SSSR count). The minimum atomic E-state index is -0.564. The summed E-state index contributed by atoms with van der Waals surface area (Å²) in [5, 5.41) is 2.87. The number of anilines is 3. The van der Waals surface area contributed by atoms with E-state index in [4.69, 9.17) is 5.73 Å². The molecule has 1 heterocycles. The number of nitrogen functional groups attached to an aromatic ring is 1. The second kappa shape index (κ2) is 4.48. The molecule has 0 unspecified atom stereocenters. The zero-order valence-corrected chi connectivity index (χ0v) is 8.81. The molecule has 0 aliphatic rings. The average Bonchev–Trinajstić information content (AvgIpc) is 2.30. The largest absolute Gasteiger partial charge is 0.383 e. The summed E-state index contributed by atoms with van der Waals surface area (Å²) in [5.41, 5.74) is 5.51. The molecule has 0 bridgehead atoms. The molecule has 0 saturated carbocycles.